The number of rotatable bonds is 4. The molecule has 166 valence electrons. The van der Waals surface area contributed by atoms with Crippen molar-refractivity contribution in [2.24, 2.45) is 0 Å². The van der Waals surface area contributed by atoms with E-state index in [9.17, 15) is 4.79 Å². The van der Waals surface area contributed by atoms with Crippen LogP contribution in [0, 0.1) is 13.8 Å². The number of amides is 2. The number of urea groups is 1. The fourth-order valence-corrected chi connectivity index (χ4v) is 5.56. The summed E-state index contributed by atoms with van der Waals surface area (Å²) in [7, 11) is 0. The predicted octanol–water partition coefficient (Wildman–Crippen LogP) is 5.47. The summed E-state index contributed by atoms with van der Waals surface area (Å²) in [5.74, 6) is 0. The van der Waals surface area contributed by atoms with Gasteiger partial charge in [-0.2, -0.15) is 5.10 Å². The Labute approximate surface area is 190 Å². The maximum absolute atomic E-state index is 13.4. The number of nitrogens with zero attached hydrogens (tertiary/aromatic N) is 3. The van der Waals surface area contributed by atoms with Gasteiger partial charge in [0.2, 0.25) is 0 Å². The largest absolute Gasteiger partial charge is 0.331 e. The van der Waals surface area contributed by atoms with E-state index in [2.05, 4.69) is 76.3 Å². The Hall–Kier alpha value is -3.08. The van der Waals surface area contributed by atoms with Gasteiger partial charge >= 0.3 is 6.03 Å². The molecule has 1 aliphatic carbocycles. The van der Waals surface area contributed by atoms with Crippen molar-refractivity contribution in [3.05, 3.63) is 88.2 Å². The van der Waals surface area contributed by atoms with Gasteiger partial charge in [-0.15, -0.1) is 0 Å². The topological polar surface area (TPSA) is 50.2 Å². The second-order valence-corrected chi connectivity index (χ2v) is 9.24. The summed E-state index contributed by atoms with van der Waals surface area (Å²) in [6.45, 7) is 5.91. The second-order valence-electron chi connectivity index (χ2n) is 9.24. The number of aryl methyl sites for hydroxylation is 2. The van der Waals surface area contributed by atoms with Crippen molar-refractivity contribution in [3.63, 3.8) is 0 Å². The number of aromatic nitrogens is 2. The maximum Gasteiger partial charge on any atom is 0.318 e. The van der Waals surface area contributed by atoms with E-state index in [0.717, 1.165) is 45.2 Å². The summed E-state index contributed by atoms with van der Waals surface area (Å²) in [6.07, 6.45) is 7.11. The summed E-state index contributed by atoms with van der Waals surface area (Å²) in [4.78, 5) is 15.5. The molecule has 32 heavy (non-hydrogen) atoms. The quantitative estimate of drug-likeness (QED) is 0.599. The Morgan fingerprint density at radius 3 is 2.59 bits per heavy atom. The van der Waals surface area contributed by atoms with Crippen molar-refractivity contribution < 1.29 is 4.79 Å². The highest BCUT2D eigenvalue weighted by molar-refractivity contribution is 5.76. The first kappa shape index (κ1) is 20.8. The summed E-state index contributed by atoms with van der Waals surface area (Å²) in [6, 6.07) is 17.1. The minimum Gasteiger partial charge on any atom is -0.331 e. The lowest BCUT2D eigenvalue weighted by molar-refractivity contribution is 0.187. The summed E-state index contributed by atoms with van der Waals surface area (Å²) in [5.41, 5.74) is 7.56. The molecule has 1 N–H and O–H groups in total. The van der Waals surface area contributed by atoms with E-state index in [1.165, 1.54) is 33.5 Å². The molecule has 1 aromatic heterocycles. The van der Waals surface area contributed by atoms with E-state index >= 15 is 0 Å². The first-order valence-corrected chi connectivity index (χ1v) is 11.8. The minimum absolute atomic E-state index is 0.0370. The van der Waals surface area contributed by atoms with Gasteiger partial charge in [-0.25, -0.2) is 4.79 Å². The smallest absolute Gasteiger partial charge is 0.318 e. The van der Waals surface area contributed by atoms with Crippen LogP contribution in [0.5, 0.6) is 0 Å². The van der Waals surface area contributed by atoms with Crippen LogP contribution in [-0.4, -0.2) is 27.3 Å². The third kappa shape index (κ3) is 3.92. The highest BCUT2D eigenvalue weighted by Gasteiger charge is 2.34. The van der Waals surface area contributed by atoms with E-state index in [1.807, 2.05) is 12.3 Å². The van der Waals surface area contributed by atoms with Crippen molar-refractivity contribution in [1.82, 2.24) is 20.0 Å². The molecule has 5 nitrogen and oxygen atoms in total. The highest BCUT2D eigenvalue weighted by atomic mass is 16.2. The van der Waals surface area contributed by atoms with E-state index in [0.29, 0.717) is 0 Å². The number of hydrogen-bond acceptors (Lipinski definition) is 2. The average Bonchev–Trinajstić information content (AvgIpc) is 3.43. The van der Waals surface area contributed by atoms with E-state index in [4.69, 9.17) is 0 Å². The summed E-state index contributed by atoms with van der Waals surface area (Å²) < 4.78 is 2.11. The van der Waals surface area contributed by atoms with Gasteiger partial charge in [-0.3, -0.25) is 4.68 Å². The van der Waals surface area contributed by atoms with E-state index in [1.54, 1.807) is 0 Å². The van der Waals surface area contributed by atoms with Gasteiger partial charge in [0.25, 0.3) is 0 Å². The molecule has 3 aromatic rings. The van der Waals surface area contributed by atoms with Crippen LogP contribution >= 0.6 is 0 Å². The maximum atomic E-state index is 13.4. The fourth-order valence-electron chi connectivity index (χ4n) is 5.56. The molecule has 2 aliphatic rings. The van der Waals surface area contributed by atoms with Gasteiger partial charge in [0, 0.05) is 17.8 Å². The molecular weight excluding hydrogens is 396 g/mol. The average molecular weight is 429 g/mol. The number of benzene rings is 2. The number of fused-ring (bicyclic) bond motifs is 1. The third-order valence-corrected chi connectivity index (χ3v) is 7.12. The fraction of sp³-hybridized carbons (Fsp3) is 0.407. The van der Waals surface area contributed by atoms with Gasteiger partial charge in [0.15, 0.2) is 0 Å². The minimum atomic E-state index is 0.0370. The molecule has 1 aliphatic heterocycles. The standard InChI is InChI=1S/C27H32N4O/c1-19-9-6-10-20(2)26(19)25-15-8-16-30(25)27(32)29-23-13-7-14-24-22(23)17-28-31(24)18-21-11-4-3-5-12-21/h3-6,9-12,17,23,25H,7-8,13-16,18H2,1-2H3,(H,29,32). The number of carbonyl (C=O) groups is 1. The Morgan fingerprint density at radius 2 is 1.81 bits per heavy atom. The molecule has 2 amide bonds. The summed E-state index contributed by atoms with van der Waals surface area (Å²) in [5, 5.41) is 8.05. The van der Waals surface area contributed by atoms with Crippen molar-refractivity contribution in [1.29, 1.82) is 0 Å². The van der Waals surface area contributed by atoms with Crippen molar-refractivity contribution in [2.45, 2.75) is 64.6 Å². The first-order chi connectivity index (χ1) is 15.6. The molecule has 0 radical (unpaired) electrons. The van der Waals surface area contributed by atoms with Crippen molar-refractivity contribution in [2.75, 3.05) is 6.54 Å². The predicted molar refractivity (Wildman–Crippen MR) is 127 cm³/mol. The van der Waals surface area contributed by atoms with E-state index in [-0.39, 0.29) is 18.1 Å². The lowest BCUT2D eigenvalue weighted by Crippen LogP contribution is -2.42. The molecule has 0 spiro atoms. The van der Waals surface area contributed by atoms with Crippen LogP contribution in [0.25, 0.3) is 0 Å². The molecule has 1 fully saturated rings. The molecular formula is C27H32N4O. The molecule has 2 aromatic carbocycles. The van der Waals surface area contributed by atoms with Gasteiger partial charge in [0.05, 0.1) is 24.8 Å². The van der Waals surface area contributed by atoms with Crippen LogP contribution in [0.2, 0.25) is 0 Å². The van der Waals surface area contributed by atoms with Crippen LogP contribution in [-0.2, 0) is 13.0 Å². The number of nitrogens with one attached hydrogen (secondary N) is 1. The second kappa shape index (κ2) is 8.81. The lowest BCUT2D eigenvalue weighted by Gasteiger charge is -2.31. The Morgan fingerprint density at radius 1 is 1.03 bits per heavy atom. The Kier molecular flexibility index (Phi) is 5.73. The van der Waals surface area contributed by atoms with Crippen LogP contribution in [0.15, 0.2) is 54.7 Å². The van der Waals surface area contributed by atoms with Crippen molar-refractivity contribution >= 4 is 6.03 Å². The first-order valence-electron chi connectivity index (χ1n) is 11.8. The highest BCUT2D eigenvalue weighted by Crippen LogP contribution is 2.37. The van der Waals surface area contributed by atoms with Crippen LogP contribution in [0.4, 0.5) is 4.79 Å². The zero-order chi connectivity index (χ0) is 22.1. The monoisotopic (exact) mass is 428 g/mol. The SMILES string of the molecule is Cc1cccc(C)c1C1CCCN1C(=O)NC1CCCc2c1cnn2Cc1ccccc1. The number of hydrogen-bond donors (Lipinski definition) is 1. The Bertz CT molecular complexity index is 1080. The zero-order valence-electron chi connectivity index (χ0n) is 19.1. The van der Waals surface area contributed by atoms with Gasteiger partial charge in [0.1, 0.15) is 0 Å². The summed E-state index contributed by atoms with van der Waals surface area (Å²) >= 11 is 0. The number of likely N-dealkylation sites (tertiary alicyclic amines) is 1. The molecule has 1 saturated heterocycles. The van der Waals surface area contributed by atoms with Crippen LogP contribution in [0.1, 0.15) is 71.3 Å². The van der Waals surface area contributed by atoms with Gasteiger partial charge < -0.3 is 10.2 Å². The van der Waals surface area contributed by atoms with E-state index < -0.39 is 0 Å². The van der Waals surface area contributed by atoms with Crippen LogP contribution in [0.3, 0.4) is 0 Å². The molecule has 2 unspecified atom stereocenters. The molecule has 2 atom stereocenters. The third-order valence-electron chi connectivity index (χ3n) is 7.12. The van der Waals surface area contributed by atoms with Gasteiger partial charge in [-0.05, 0) is 68.2 Å². The lowest BCUT2D eigenvalue weighted by atomic mass is 9.92. The molecule has 2 heterocycles. The van der Waals surface area contributed by atoms with Crippen LogP contribution < -0.4 is 5.32 Å². The molecule has 5 heteroatoms. The van der Waals surface area contributed by atoms with Crippen molar-refractivity contribution in [3.8, 4) is 0 Å². The zero-order valence-corrected chi connectivity index (χ0v) is 19.1. The Balaban J connectivity index is 1.34. The van der Waals surface area contributed by atoms with Gasteiger partial charge in [-0.1, -0.05) is 48.5 Å². The normalized spacial score (nSPS) is 20.2. The number of carbonyl (C=O) groups excluding carboxylic acids is 1. The molecule has 5 rings (SSSR count). The molecule has 0 bridgehead atoms. The molecule has 0 saturated carbocycles.